The van der Waals surface area contributed by atoms with Crippen molar-refractivity contribution in [1.29, 1.82) is 0 Å². The van der Waals surface area contributed by atoms with E-state index in [0.29, 0.717) is 17.8 Å². The van der Waals surface area contributed by atoms with Crippen LogP contribution >= 0.6 is 15.9 Å². The first kappa shape index (κ1) is 14.8. The molecule has 0 aromatic heterocycles. The van der Waals surface area contributed by atoms with Crippen LogP contribution in [-0.2, 0) is 4.79 Å². The molecule has 106 valence electrons. The summed E-state index contributed by atoms with van der Waals surface area (Å²) < 4.78 is 0.790. The zero-order valence-electron chi connectivity index (χ0n) is 11.8. The van der Waals surface area contributed by atoms with Crippen LogP contribution in [0, 0.1) is 0 Å². The summed E-state index contributed by atoms with van der Waals surface area (Å²) in [5.41, 5.74) is 1.79. The van der Waals surface area contributed by atoms with Crippen molar-refractivity contribution in [2.45, 2.75) is 26.3 Å². The number of benzene rings is 1. The van der Waals surface area contributed by atoms with Gasteiger partial charge in [0.2, 0.25) is 0 Å². The highest BCUT2D eigenvalue weighted by Crippen LogP contribution is 2.37. The smallest absolute Gasteiger partial charge is 0.296 e. The lowest BCUT2D eigenvalue weighted by atomic mass is 10.0. The lowest BCUT2D eigenvalue weighted by Gasteiger charge is -2.37. The second-order valence-electron chi connectivity index (χ2n) is 5.70. The van der Waals surface area contributed by atoms with E-state index < -0.39 is 11.7 Å². The minimum absolute atomic E-state index is 0.114. The minimum Gasteiger partial charge on any atom is -0.362 e. The number of nitrogens with one attached hydrogen (secondary N) is 1. The molecular weight excluding hydrogens is 320 g/mol. The van der Waals surface area contributed by atoms with Gasteiger partial charge in [-0.15, -0.1) is 6.58 Å². The molecule has 0 fully saturated rings. The quantitative estimate of drug-likeness (QED) is 0.680. The first-order valence-corrected chi connectivity index (χ1v) is 7.12. The molecule has 1 aromatic rings. The summed E-state index contributed by atoms with van der Waals surface area (Å²) in [5.74, 6) is -1.06. The van der Waals surface area contributed by atoms with Gasteiger partial charge in [0.1, 0.15) is 0 Å². The Labute approximate surface area is 127 Å². The summed E-state index contributed by atoms with van der Waals surface area (Å²) in [5, 5.41) is 2.60. The van der Waals surface area contributed by atoms with E-state index in [1.54, 1.807) is 6.07 Å². The number of carbonyl (C=O) groups is 2. The summed E-state index contributed by atoms with van der Waals surface area (Å²) in [6.07, 6.45) is 1.83. The van der Waals surface area contributed by atoms with Crippen LogP contribution in [0.15, 0.2) is 29.3 Å². The molecule has 0 bridgehead atoms. The molecule has 0 radical (unpaired) electrons. The molecule has 0 saturated heterocycles. The Morgan fingerprint density at radius 3 is 2.55 bits per heavy atom. The number of fused-ring (bicyclic) bond motifs is 1. The van der Waals surface area contributed by atoms with Crippen LogP contribution in [0.2, 0.25) is 0 Å². The zero-order valence-corrected chi connectivity index (χ0v) is 13.4. The standard InChI is InChI=1S/C15H17BrN2O2/c1-5-6-18(15(2,3)4)12-8-11-9(7-10(12)16)13(19)14(20)17-11/h5,7-8H,1,6H2,2-4H3,(H,17,19,20). The lowest BCUT2D eigenvalue weighted by molar-refractivity contribution is -0.112. The fraction of sp³-hybridized carbons (Fsp3) is 0.333. The van der Waals surface area contributed by atoms with E-state index in [0.717, 1.165) is 10.2 Å². The van der Waals surface area contributed by atoms with E-state index in [4.69, 9.17) is 0 Å². The third-order valence-electron chi connectivity index (χ3n) is 3.20. The van der Waals surface area contributed by atoms with Gasteiger partial charge in [-0.25, -0.2) is 0 Å². The number of hydrogen-bond donors (Lipinski definition) is 1. The van der Waals surface area contributed by atoms with E-state index >= 15 is 0 Å². The number of rotatable bonds is 3. The van der Waals surface area contributed by atoms with Crippen LogP contribution in [0.25, 0.3) is 0 Å². The summed E-state index contributed by atoms with van der Waals surface area (Å²) >= 11 is 3.49. The zero-order chi connectivity index (χ0) is 15.1. The summed E-state index contributed by atoms with van der Waals surface area (Å²) in [7, 11) is 0. The third-order valence-corrected chi connectivity index (χ3v) is 3.83. The summed E-state index contributed by atoms with van der Waals surface area (Å²) in [6, 6.07) is 3.53. The number of amides is 1. The topological polar surface area (TPSA) is 49.4 Å². The molecule has 1 aliphatic rings. The molecule has 0 unspecified atom stereocenters. The van der Waals surface area contributed by atoms with Crippen LogP contribution in [-0.4, -0.2) is 23.8 Å². The van der Waals surface area contributed by atoms with Gasteiger partial charge in [0.05, 0.1) is 16.9 Å². The average Bonchev–Trinajstić information content (AvgIpc) is 2.61. The monoisotopic (exact) mass is 336 g/mol. The maximum absolute atomic E-state index is 11.7. The Kier molecular flexibility index (Phi) is 3.73. The first-order chi connectivity index (χ1) is 9.25. The van der Waals surface area contributed by atoms with Gasteiger partial charge < -0.3 is 10.2 Å². The van der Waals surface area contributed by atoms with Gasteiger partial charge in [0.15, 0.2) is 0 Å². The van der Waals surface area contributed by atoms with Gasteiger partial charge >= 0.3 is 0 Å². The van der Waals surface area contributed by atoms with Crippen LogP contribution in [0.5, 0.6) is 0 Å². The van der Waals surface area contributed by atoms with Crippen molar-refractivity contribution in [3.8, 4) is 0 Å². The largest absolute Gasteiger partial charge is 0.362 e. The predicted molar refractivity (Wildman–Crippen MR) is 84.4 cm³/mol. The predicted octanol–water partition coefficient (Wildman–Crippen LogP) is 3.37. The Morgan fingerprint density at radius 2 is 2.00 bits per heavy atom. The van der Waals surface area contributed by atoms with Crippen molar-refractivity contribution in [3.63, 3.8) is 0 Å². The molecule has 0 atom stereocenters. The first-order valence-electron chi connectivity index (χ1n) is 6.33. The fourth-order valence-electron chi connectivity index (χ4n) is 2.22. The Morgan fingerprint density at radius 1 is 1.35 bits per heavy atom. The number of hydrogen-bond acceptors (Lipinski definition) is 3. The van der Waals surface area contributed by atoms with Crippen LogP contribution < -0.4 is 10.2 Å². The van der Waals surface area contributed by atoms with Crippen molar-refractivity contribution in [2.24, 2.45) is 0 Å². The Bertz CT molecular complexity index is 603. The highest BCUT2D eigenvalue weighted by Gasteiger charge is 2.31. The van der Waals surface area contributed by atoms with Crippen LogP contribution in [0.1, 0.15) is 31.1 Å². The molecule has 2 rings (SSSR count). The minimum atomic E-state index is -0.574. The summed E-state index contributed by atoms with van der Waals surface area (Å²) in [6.45, 7) is 10.7. The van der Waals surface area contributed by atoms with E-state index in [9.17, 15) is 9.59 Å². The molecule has 1 heterocycles. The highest BCUT2D eigenvalue weighted by atomic mass is 79.9. The molecule has 20 heavy (non-hydrogen) atoms. The molecule has 4 nitrogen and oxygen atoms in total. The van der Waals surface area contributed by atoms with Gasteiger partial charge in [-0.3, -0.25) is 9.59 Å². The van der Waals surface area contributed by atoms with Crippen molar-refractivity contribution >= 4 is 39.0 Å². The molecule has 0 saturated carbocycles. The van der Waals surface area contributed by atoms with Gasteiger partial charge in [-0.05, 0) is 48.8 Å². The maximum Gasteiger partial charge on any atom is 0.296 e. The highest BCUT2D eigenvalue weighted by molar-refractivity contribution is 9.10. The molecule has 0 spiro atoms. The number of ketones is 1. The van der Waals surface area contributed by atoms with Gasteiger partial charge in [0, 0.05) is 16.6 Å². The maximum atomic E-state index is 11.7. The fourth-order valence-corrected chi connectivity index (χ4v) is 2.78. The van der Waals surface area contributed by atoms with Crippen molar-refractivity contribution < 1.29 is 9.59 Å². The lowest BCUT2D eigenvalue weighted by Crippen LogP contribution is -2.41. The van der Waals surface area contributed by atoms with Crippen molar-refractivity contribution in [1.82, 2.24) is 0 Å². The second kappa shape index (κ2) is 5.05. The number of halogens is 1. The Balaban J connectivity index is 2.53. The molecule has 5 heteroatoms. The molecule has 1 amide bonds. The second-order valence-corrected chi connectivity index (χ2v) is 6.56. The third kappa shape index (κ3) is 2.50. The molecule has 1 aliphatic heterocycles. The van der Waals surface area contributed by atoms with Crippen molar-refractivity contribution in [2.75, 3.05) is 16.8 Å². The van der Waals surface area contributed by atoms with Gasteiger partial charge in [-0.1, -0.05) is 6.08 Å². The number of nitrogens with zero attached hydrogens (tertiary/aromatic N) is 1. The average molecular weight is 337 g/mol. The molecule has 0 aliphatic carbocycles. The van der Waals surface area contributed by atoms with E-state index in [-0.39, 0.29) is 5.54 Å². The molecule has 1 N–H and O–H groups in total. The normalized spacial score (nSPS) is 14.0. The van der Waals surface area contributed by atoms with Crippen LogP contribution in [0.4, 0.5) is 11.4 Å². The van der Waals surface area contributed by atoms with Gasteiger partial charge in [0.25, 0.3) is 11.7 Å². The Hall–Kier alpha value is -1.62. The van der Waals surface area contributed by atoms with Crippen LogP contribution in [0.3, 0.4) is 0 Å². The van der Waals surface area contributed by atoms with E-state index in [1.165, 1.54) is 0 Å². The number of anilines is 2. The van der Waals surface area contributed by atoms with E-state index in [1.807, 2.05) is 12.1 Å². The van der Waals surface area contributed by atoms with E-state index in [2.05, 4.69) is 53.5 Å². The molecule has 1 aromatic carbocycles. The SMILES string of the molecule is C=CCN(c1cc2c(cc1Br)C(=O)C(=O)N2)C(C)(C)C. The number of carbonyl (C=O) groups excluding carboxylic acids is 2. The van der Waals surface area contributed by atoms with Crippen molar-refractivity contribution in [3.05, 3.63) is 34.8 Å². The summed E-state index contributed by atoms with van der Waals surface area (Å²) in [4.78, 5) is 25.3. The van der Waals surface area contributed by atoms with Gasteiger partial charge in [-0.2, -0.15) is 0 Å². The molecular formula is C15H17BrN2O2. The number of Topliss-reactive ketones (excluding diaryl/α,β-unsaturated/α-hetero) is 1.